The molecule has 1 heterocycles. The first-order chi connectivity index (χ1) is 17.6. The predicted octanol–water partition coefficient (Wildman–Crippen LogP) is 6.61. The molecule has 1 fully saturated rings. The van der Waals surface area contributed by atoms with Crippen LogP contribution in [0.5, 0.6) is 0 Å². The number of aliphatic carboxylic acids is 1. The van der Waals surface area contributed by atoms with Gasteiger partial charge >= 0.3 is 12.0 Å². The van der Waals surface area contributed by atoms with Crippen LogP contribution in [0, 0.1) is 5.92 Å². The number of aromatic nitrogens is 1. The number of hydrogen-bond donors (Lipinski definition) is 2. The van der Waals surface area contributed by atoms with Gasteiger partial charge in [-0.25, -0.2) is 9.78 Å². The number of carbonyl (C=O) groups is 2. The summed E-state index contributed by atoms with van der Waals surface area (Å²) in [5.41, 5.74) is 3.25. The molecule has 2 amide bonds. The van der Waals surface area contributed by atoms with Crippen LogP contribution in [0.15, 0.2) is 84.9 Å². The van der Waals surface area contributed by atoms with Crippen LogP contribution in [0.1, 0.15) is 42.7 Å². The quantitative estimate of drug-likeness (QED) is 0.286. The molecule has 0 aliphatic heterocycles. The van der Waals surface area contributed by atoms with Gasteiger partial charge in [-0.3, -0.25) is 10.1 Å². The Morgan fingerprint density at radius 1 is 0.944 bits per heavy atom. The Morgan fingerprint density at radius 2 is 1.58 bits per heavy atom. The summed E-state index contributed by atoms with van der Waals surface area (Å²) in [6, 6.07) is 28.1. The van der Waals surface area contributed by atoms with Gasteiger partial charge in [-0.2, -0.15) is 0 Å². The third kappa shape index (κ3) is 5.41. The van der Waals surface area contributed by atoms with Gasteiger partial charge in [0.25, 0.3) is 0 Å². The molecule has 1 saturated carbocycles. The molecule has 36 heavy (non-hydrogen) atoms. The average molecular weight is 500 g/mol. The molecule has 4 aromatic rings. The van der Waals surface area contributed by atoms with E-state index < -0.39 is 11.9 Å². The van der Waals surface area contributed by atoms with Gasteiger partial charge in [0.15, 0.2) is 5.13 Å². The third-order valence-electron chi connectivity index (χ3n) is 7.03. The minimum atomic E-state index is -0.782. The number of carboxylic acid groups (broad SMARTS) is 1. The maximum Gasteiger partial charge on any atom is 0.323 e. The largest absolute Gasteiger partial charge is 0.481 e. The van der Waals surface area contributed by atoms with Crippen LogP contribution in [-0.4, -0.2) is 39.6 Å². The number of fused-ring (bicyclic) bond motifs is 1. The van der Waals surface area contributed by atoms with Gasteiger partial charge in [-0.1, -0.05) is 84.1 Å². The molecule has 1 aliphatic carbocycles. The highest BCUT2D eigenvalue weighted by Crippen LogP contribution is 2.33. The Morgan fingerprint density at radius 3 is 2.19 bits per heavy atom. The van der Waals surface area contributed by atoms with Gasteiger partial charge in [0.05, 0.1) is 16.1 Å². The van der Waals surface area contributed by atoms with Gasteiger partial charge in [0.1, 0.15) is 0 Å². The number of anilines is 1. The smallest absolute Gasteiger partial charge is 0.323 e. The van der Waals surface area contributed by atoms with Crippen LogP contribution in [0.25, 0.3) is 10.2 Å². The van der Waals surface area contributed by atoms with Crippen molar-refractivity contribution in [3.05, 3.63) is 96.1 Å². The number of nitrogens with zero attached hydrogens (tertiary/aromatic N) is 2. The summed E-state index contributed by atoms with van der Waals surface area (Å²) in [6.45, 7) is 0.516. The Labute approximate surface area is 214 Å². The maximum absolute atomic E-state index is 13.6. The lowest BCUT2D eigenvalue weighted by atomic mass is 9.88. The van der Waals surface area contributed by atoms with E-state index in [2.05, 4.69) is 34.6 Å². The number of carboxylic acids is 1. The zero-order valence-electron chi connectivity index (χ0n) is 19.9. The first-order valence-electron chi connectivity index (χ1n) is 12.3. The number of benzene rings is 3. The fraction of sp³-hybridized carbons (Fsp3) is 0.276. The number of nitrogens with one attached hydrogen (secondary N) is 1. The van der Waals surface area contributed by atoms with E-state index in [1.807, 2.05) is 65.6 Å². The van der Waals surface area contributed by atoms with Crippen molar-refractivity contribution in [3.8, 4) is 0 Å². The fourth-order valence-electron chi connectivity index (χ4n) is 5.17. The van der Waals surface area contributed by atoms with E-state index in [4.69, 9.17) is 0 Å². The van der Waals surface area contributed by atoms with E-state index in [0.29, 0.717) is 30.9 Å². The summed E-state index contributed by atoms with van der Waals surface area (Å²) in [6.07, 6.45) is 2.48. The highest BCUT2D eigenvalue weighted by atomic mass is 32.1. The van der Waals surface area contributed by atoms with E-state index in [1.165, 1.54) is 22.5 Å². The Kier molecular flexibility index (Phi) is 7.28. The van der Waals surface area contributed by atoms with Crippen molar-refractivity contribution in [2.45, 2.75) is 37.6 Å². The molecule has 0 saturated heterocycles. The second kappa shape index (κ2) is 10.9. The fourth-order valence-corrected chi connectivity index (χ4v) is 6.02. The van der Waals surface area contributed by atoms with Crippen LogP contribution in [0.4, 0.5) is 9.93 Å². The van der Waals surface area contributed by atoms with Crippen LogP contribution >= 0.6 is 11.3 Å². The highest BCUT2D eigenvalue weighted by molar-refractivity contribution is 7.22. The zero-order chi connectivity index (χ0) is 24.9. The molecule has 5 rings (SSSR count). The highest BCUT2D eigenvalue weighted by Gasteiger charge is 2.36. The third-order valence-corrected chi connectivity index (χ3v) is 7.98. The van der Waals surface area contributed by atoms with E-state index >= 15 is 0 Å². The minimum Gasteiger partial charge on any atom is -0.481 e. The summed E-state index contributed by atoms with van der Waals surface area (Å²) < 4.78 is 1.01. The molecule has 3 aromatic carbocycles. The number of rotatable bonds is 8. The Bertz CT molecular complexity index is 1250. The van der Waals surface area contributed by atoms with Gasteiger partial charge in [0.2, 0.25) is 0 Å². The molecule has 2 atom stereocenters. The van der Waals surface area contributed by atoms with Gasteiger partial charge in [0, 0.05) is 18.5 Å². The molecular formula is C29H29N3O3S. The first kappa shape index (κ1) is 24.0. The normalized spacial score (nSPS) is 17.4. The van der Waals surface area contributed by atoms with E-state index in [0.717, 1.165) is 16.6 Å². The summed E-state index contributed by atoms with van der Waals surface area (Å²) in [4.78, 5) is 31.6. The molecule has 184 valence electrons. The summed E-state index contributed by atoms with van der Waals surface area (Å²) in [7, 11) is 0. The van der Waals surface area contributed by atoms with Gasteiger partial charge in [-0.15, -0.1) is 0 Å². The summed E-state index contributed by atoms with van der Waals surface area (Å²) >= 11 is 1.45. The Hall–Kier alpha value is -3.71. The molecule has 0 bridgehead atoms. The number of amides is 2. The van der Waals surface area contributed by atoms with E-state index in [9.17, 15) is 14.7 Å². The number of thiazole rings is 1. The van der Waals surface area contributed by atoms with Crippen LogP contribution in [-0.2, 0) is 4.79 Å². The lowest BCUT2D eigenvalue weighted by Gasteiger charge is -2.31. The second-order valence-electron chi connectivity index (χ2n) is 9.27. The molecule has 1 aromatic heterocycles. The topological polar surface area (TPSA) is 82.5 Å². The zero-order valence-corrected chi connectivity index (χ0v) is 20.7. The van der Waals surface area contributed by atoms with Crippen molar-refractivity contribution in [2.75, 3.05) is 11.9 Å². The van der Waals surface area contributed by atoms with E-state index in [1.54, 1.807) is 0 Å². The summed E-state index contributed by atoms with van der Waals surface area (Å²) in [5.74, 6) is -1.07. The standard InChI is InChI=1S/C29H29N3O3S/c33-27(34)22-15-16-23(19-22)32(29(35)31-28-30-25-13-7-8-14-26(25)36-28)18-17-24(20-9-3-1-4-10-20)21-11-5-2-6-12-21/h1-14,22-24H,15-19H2,(H,33,34)(H,30,31,35). The second-order valence-corrected chi connectivity index (χ2v) is 10.3. The number of carbonyl (C=O) groups excluding carboxylic acids is 1. The molecule has 7 heteroatoms. The molecule has 0 spiro atoms. The van der Waals surface area contributed by atoms with Gasteiger partial charge in [-0.05, 0) is 48.9 Å². The number of hydrogen-bond acceptors (Lipinski definition) is 4. The monoisotopic (exact) mass is 499 g/mol. The molecule has 1 aliphatic rings. The van der Waals surface area contributed by atoms with Crippen LogP contribution in [0.2, 0.25) is 0 Å². The van der Waals surface area contributed by atoms with Crippen molar-refractivity contribution in [1.29, 1.82) is 0 Å². The first-order valence-corrected chi connectivity index (χ1v) is 13.2. The molecule has 0 radical (unpaired) electrons. The van der Waals surface area contributed by atoms with Crippen LogP contribution < -0.4 is 5.32 Å². The van der Waals surface area contributed by atoms with Crippen molar-refractivity contribution in [1.82, 2.24) is 9.88 Å². The number of urea groups is 1. The minimum absolute atomic E-state index is 0.118. The molecular weight excluding hydrogens is 470 g/mol. The van der Waals surface area contributed by atoms with Gasteiger partial charge < -0.3 is 10.0 Å². The molecule has 2 N–H and O–H groups in total. The molecule has 6 nitrogen and oxygen atoms in total. The summed E-state index contributed by atoms with van der Waals surface area (Å²) in [5, 5.41) is 13.1. The Balaban J connectivity index is 1.38. The van der Waals surface area contributed by atoms with Crippen LogP contribution in [0.3, 0.4) is 0 Å². The average Bonchev–Trinajstić information content (AvgIpc) is 3.55. The maximum atomic E-state index is 13.6. The SMILES string of the molecule is O=C(O)C1CCC(N(CCC(c2ccccc2)c2ccccc2)C(=O)Nc2nc3ccccc3s2)C1. The van der Waals surface area contributed by atoms with Crippen molar-refractivity contribution in [3.63, 3.8) is 0 Å². The lowest BCUT2D eigenvalue weighted by molar-refractivity contribution is -0.141. The van der Waals surface area contributed by atoms with Crippen molar-refractivity contribution < 1.29 is 14.7 Å². The number of para-hydroxylation sites is 1. The van der Waals surface area contributed by atoms with Crippen molar-refractivity contribution in [2.24, 2.45) is 5.92 Å². The predicted molar refractivity (Wildman–Crippen MR) is 143 cm³/mol. The lowest BCUT2D eigenvalue weighted by Crippen LogP contribution is -2.43. The molecule has 2 unspecified atom stereocenters. The van der Waals surface area contributed by atoms with E-state index in [-0.39, 0.29) is 18.0 Å². The van der Waals surface area contributed by atoms with Crippen molar-refractivity contribution >= 4 is 38.7 Å².